The largest absolute Gasteiger partial charge is 0.383 e. The third kappa shape index (κ3) is 3.78. The summed E-state index contributed by atoms with van der Waals surface area (Å²) in [5.41, 5.74) is -0.00244. The van der Waals surface area contributed by atoms with Crippen molar-refractivity contribution in [2.24, 2.45) is 0 Å². The molecule has 0 fully saturated rings. The normalized spacial score (nSPS) is 11.1. The summed E-state index contributed by atoms with van der Waals surface area (Å²) in [6, 6.07) is 5.74. The molecular weight excluding hydrogens is 294 g/mol. The first-order chi connectivity index (χ1) is 10.0. The van der Waals surface area contributed by atoms with Crippen LogP contribution in [-0.4, -0.2) is 30.1 Å². The molecule has 2 aromatic heterocycles. The van der Waals surface area contributed by atoms with E-state index in [0.717, 1.165) is 6.42 Å². The minimum absolute atomic E-state index is 0.0155. The number of nitrogens with one attached hydrogen (secondary N) is 3. The Labute approximate surface area is 121 Å². The number of hydrogen-bond acceptors (Lipinski definition) is 6. The maximum absolute atomic E-state index is 12.3. The van der Waals surface area contributed by atoms with Crippen molar-refractivity contribution in [2.45, 2.75) is 18.4 Å². The van der Waals surface area contributed by atoms with Crippen molar-refractivity contribution in [3.63, 3.8) is 0 Å². The lowest BCUT2D eigenvalue weighted by Gasteiger charge is -2.11. The van der Waals surface area contributed by atoms with Gasteiger partial charge < -0.3 is 5.32 Å². The van der Waals surface area contributed by atoms with Gasteiger partial charge >= 0.3 is 0 Å². The van der Waals surface area contributed by atoms with Gasteiger partial charge in [-0.05, 0) is 24.6 Å². The van der Waals surface area contributed by atoms with Crippen molar-refractivity contribution in [1.29, 1.82) is 0 Å². The Bertz CT molecular complexity index is 752. The quantitative estimate of drug-likeness (QED) is 0.726. The molecule has 2 heterocycles. The van der Waals surface area contributed by atoms with Crippen LogP contribution in [-0.2, 0) is 10.0 Å². The topological polar surface area (TPSA) is 117 Å². The fourth-order valence-corrected chi connectivity index (χ4v) is 2.70. The number of H-pyrrole nitrogens is 1. The number of aromatic amines is 1. The van der Waals surface area contributed by atoms with E-state index in [9.17, 15) is 13.2 Å². The van der Waals surface area contributed by atoms with E-state index in [2.05, 4.69) is 25.2 Å². The summed E-state index contributed by atoms with van der Waals surface area (Å²) in [7, 11) is -3.90. The molecule has 8 nitrogen and oxygen atoms in total. The number of sulfonamides is 1. The van der Waals surface area contributed by atoms with Gasteiger partial charge in [-0.25, -0.2) is 10.1 Å². The Kier molecular flexibility index (Phi) is 4.53. The predicted molar refractivity (Wildman–Crippen MR) is 78.7 cm³/mol. The van der Waals surface area contributed by atoms with Crippen LogP contribution in [0.3, 0.4) is 0 Å². The Morgan fingerprint density at radius 2 is 2.10 bits per heavy atom. The van der Waals surface area contributed by atoms with Crippen molar-refractivity contribution in [3.05, 3.63) is 40.8 Å². The standard InChI is InChI=1S/C12H15N5O3S/c1-2-7-13-9-4-3-8-14-12(9)21(19,20)17-10-5-6-11(18)16-15-10/h3-6,8,13H,2,7H2,1H3,(H,15,17)(H,16,18). The molecule has 0 radical (unpaired) electrons. The third-order valence-electron chi connectivity index (χ3n) is 2.51. The summed E-state index contributed by atoms with van der Waals surface area (Å²) in [6.07, 6.45) is 2.25. The van der Waals surface area contributed by atoms with Gasteiger partial charge in [-0.2, -0.15) is 13.5 Å². The number of pyridine rings is 1. The zero-order valence-electron chi connectivity index (χ0n) is 11.3. The molecule has 0 aromatic carbocycles. The highest BCUT2D eigenvalue weighted by atomic mass is 32.2. The van der Waals surface area contributed by atoms with Crippen molar-refractivity contribution in [2.75, 3.05) is 16.6 Å². The van der Waals surface area contributed by atoms with Gasteiger partial charge in [0.15, 0.2) is 10.8 Å². The Morgan fingerprint density at radius 3 is 2.76 bits per heavy atom. The molecule has 3 N–H and O–H groups in total. The van der Waals surface area contributed by atoms with Crippen LogP contribution in [0.1, 0.15) is 13.3 Å². The van der Waals surface area contributed by atoms with Crippen LogP contribution >= 0.6 is 0 Å². The maximum Gasteiger partial charge on any atom is 0.282 e. The molecule has 0 amide bonds. The second kappa shape index (κ2) is 6.35. The molecule has 0 spiro atoms. The summed E-state index contributed by atoms with van der Waals surface area (Å²) in [4.78, 5) is 14.8. The number of aromatic nitrogens is 3. The molecule has 2 aromatic rings. The van der Waals surface area contributed by atoms with E-state index in [1.54, 1.807) is 12.1 Å². The molecule has 0 aliphatic carbocycles. The molecule has 9 heteroatoms. The van der Waals surface area contributed by atoms with E-state index in [1.807, 2.05) is 6.92 Å². The number of nitrogens with zero attached hydrogens (tertiary/aromatic N) is 2. The average molecular weight is 309 g/mol. The van der Waals surface area contributed by atoms with E-state index < -0.39 is 15.6 Å². The fourth-order valence-electron chi connectivity index (χ4n) is 1.59. The van der Waals surface area contributed by atoms with Gasteiger partial charge in [0, 0.05) is 18.8 Å². The molecule has 0 saturated carbocycles. The number of hydrogen-bond donors (Lipinski definition) is 3. The van der Waals surface area contributed by atoms with Crippen LogP contribution in [0.5, 0.6) is 0 Å². The minimum Gasteiger partial charge on any atom is -0.383 e. The Hall–Kier alpha value is -2.42. The van der Waals surface area contributed by atoms with Crippen molar-refractivity contribution in [1.82, 2.24) is 15.2 Å². The number of anilines is 2. The zero-order chi connectivity index (χ0) is 15.3. The van der Waals surface area contributed by atoms with Crippen LogP contribution < -0.4 is 15.6 Å². The van der Waals surface area contributed by atoms with Crippen molar-refractivity contribution >= 4 is 21.5 Å². The summed E-state index contributed by atoms with van der Waals surface area (Å²) in [6.45, 7) is 2.60. The average Bonchev–Trinajstić information content (AvgIpc) is 2.47. The summed E-state index contributed by atoms with van der Waals surface area (Å²) < 4.78 is 26.9. The highest BCUT2D eigenvalue weighted by Gasteiger charge is 2.20. The van der Waals surface area contributed by atoms with E-state index in [0.29, 0.717) is 12.2 Å². The molecule has 0 atom stereocenters. The Morgan fingerprint density at radius 1 is 1.29 bits per heavy atom. The van der Waals surface area contributed by atoms with Gasteiger partial charge in [-0.15, -0.1) is 0 Å². The predicted octanol–water partition coefficient (Wildman–Crippen LogP) is 0.788. The monoisotopic (exact) mass is 309 g/mol. The van der Waals surface area contributed by atoms with Gasteiger partial charge in [0.2, 0.25) is 0 Å². The van der Waals surface area contributed by atoms with Gasteiger partial charge in [0.1, 0.15) is 0 Å². The third-order valence-corrected chi connectivity index (χ3v) is 3.82. The molecule has 0 unspecified atom stereocenters. The van der Waals surface area contributed by atoms with Crippen LogP contribution in [0.15, 0.2) is 40.3 Å². The van der Waals surface area contributed by atoms with E-state index in [-0.39, 0.29) is 10.8 Å². The van der Waals surface area contributed by atoms with Gasteiger partial charge in [0.25, 0.3) is 15.6 Å². The smallest absolute Gasteiger partial charge is 0.282 e. The van der Waals surface area contributed by atoms with Crippen molar-refractivity contribution in [3.8, 4) is 0 Å². The van der Waals surface area contributed by atoms with E-state index in [4.69, 9.17) is 0 Å². The maximum atomic E-state index is 12.3. The first-order valence-electron chi connectivity index (χ1n) is 6.30. The summed E-state index contributed by atoms with van der Waals surface area (Å²) >= 11 is 0. The van der Waals surface area contributed by atoms with Crippen LogP contribution in [0.2, 0.25) is 0 Å². The highest BCUT2D eigenvalue weighted by Crippen LogP contribution is 2.20. The Balaban J connectivity index is 2.31. The lowest BCUT2D eigenvalue weighted by molar-refractivity contribution is 0.597. The van der Waals surface area contributed by atoms with Crippen LogP contribution in [0, 0.1) is 0 Å². The van der Waals surface area contributed by atoms with Crippen molar-refractivity contribution < 1.29 is 8.42 Å². The van der Waals surface area contributed by atoms with E-state index >= 15 is 0 Å². The summed E-state index contributed by atoms with van der Waals surface area (Å²) in [5.74, 6) is 0.0155. The fraction of sp³-hybridized carbons (Fsp3) is 0.250. The van der Waals surface area contributed by atoms with Gasteiger partial charge in [0.05, 0.1) is 5.69 Å². The molecule has 0 saturated heterocycles. The SMILES string of the molecule is CCCNc1cccnc1S(=O)(=O)Nc1ccc(=O)[nH]n1. The molecule has 112 valence electrons. The second-order valence-corrected chi connectivity index (χ2v) is 5.79. The molecular formula is C12H15N5O3S. The van der Waals surface area contributed by atoms with Crippen LogP contribution in [0.25, 0.3) is 0 Å². The molecule has 0 aliphatic rings. The second-order valence-electron chi connectivity index (χ2n) is 4.19. The molecule has 2 rings (SSSR count). The highest BCUT2D eigenvalue weighted by molar-refractivity contribution is 7.92. The molecule has 21 heavy (non-hydrogen) atoms. The lowest BCUT2D eigenvalue weighted by atomic mass is 10.4. The molecule has 0 bridgehead atoms. The van der Waals surface area contributed by atoms with Gasteiger partial charge in [-0.1, -0.05) is 6.92 Å². The summed E-state index contributed by atoms with van der Waals surface area (Å²) in [5, 5.41) is 8.64. The minimum atomic E-state index is -3.90. The molecule has 0 aliphatic heterocycles. The van der Waals surface area contributed by atoms with E-state index in [1.165, 1.54) is 18.3 Å². The zero-order valence-corrected chi connectivity index (χ0v) is 12.1. The van der Waals surface area contributed by atoms with Gasteiger partial charge in [-0.3, -0.25) is 9.52 Å². The first kappa shape index (κ1) is 15.0. The first-order valence-corrected chi connectivity index (χ1v) is 7.78. The number of rotatable bonds is 6. The lowest BCUT2D eigenvalue weighted by Crippen LogP contribution is -2.19. The van der Waals surface area contributed by atoms with Crippen LogP contribution in [0.4, 0.5) is 11.5 Å².